The standard InChI is InChI=1S/C19H16N2O3/c22-18(21-20-13-15-11-12-24-14-15)19(23,16-7-3-1-4-8-16)17-9-5-2-6-10-17/h1-14,23H,(H,21,22). The van der Waals surface area contributed by atoms with Gasteiger partial charge in [-0.1, -0.05) is 60.7 Å². The topological polar surface area (TPSA) is 74.8 Å². The van der Waals surface area contributed by atoms with Gasteiger partial charge in [-0.05, 0) is 17.2 Å². The van der Waals surface area contributed by atoms with Crippen molar-refractivity contribution in [2.45, 2.75) is 5.60 Å². The number of nitrogens with zero attached hydrogens (tertiary/aromatic N) is 1. The maximum absolute atomic E-state index is 12.7. The summed E-state index contributed by atoms with van der Waals surface area (Å²) in [5.41, 5.74) is 2.20. The van der Waals surface area contributed by atoms with E-state index in [9.17, 15) is 9.90 Å². The molecule has 24 heavy (non-hydrogen) atoms. The van der Waals surface area contributed by atoms with E-state index < -0.39 is 11.5 Å². The Morgan fingerprint density at radius 3 is 2.08 bits per heavy atom. The van der Waals surface area contributed by atoms with Gasteiger partial charge >= 0.3 is 0 Å². The van der Waals surface area contributed by atoms with E-state index in [2.05, 4.69) is 10.5 Å². The van der Waals surface area contributed by atoms with Gasteiger partial charge in [-0.3, -0.25) is 4.79 Å². The van der Waals surface area contributed by atoms with Gasteiger partial charge in [-0.15, -0.1) is 0 Å². The van der Waals surface area contributed by atoms with Gasteiger partial charge in [0.2, 0.25) is 0 Å². The molecule has 2 aromatic carbocycles. The van der Waals surface area contributed by atoms with E-state index in [1.165, 1.54) is 18.7 Å². The third-order valence-corrected chi connectivity index (χ3v) is 3.63. The van der Waals surface area contributed by atoms with Crippen molar-refractivity contribution in [2.24, 2.45) is 5.10 Å². The minimum Gasteiger partial charge on any atom is -0.472 e. The van der Waals surface area contributed by atoms with Crippen LogP contribution in [0.25, 0.3) is 0 Å². The number of nitrogens with one attached hydrogen (secondary N) is 1. The Morgan fingerprint density at radius 1 is 1.00 bits per heavy atom. The van der Waals surface area contributed by atoms with Crippen molar-refractivity contribution in [3.8, 4) is 0 Å². The van der Waals surface area contributed by atoms with Crippen LogP contribution in [0.3, 0.4) is 0 Å². The van der Waals surface area contributed by atoms with Crippen LogP contribution in [-0.4, -0.2) is 17.2 Å². The molecule has 5 nitrogen and oxygen atoms in total. The Bertz CT molecular complexity index is 773. The molecule has 1 aromatic heterocycles. The van der Waals surface area contributed by atoms with Gasteiger partial charge < -0.3 is 9.52 Å². The second-order valence-electron chi connectivity index (χ2n) is 5.20. The molecule has 3 rings (SSSR count). The molecule has 0 unspecified atom stereocenters. The van der Waals surface area contributed by atoms with Crippen molar-refractivity contribution in [3.63, 3.8) is 0 Å². The van der Waals surface area contributed by atoms with Crippen molar-refractivity contribution in [3.05, 3.63) is 95.9 Å². The Balaban J connectivity index is 1.91. The molecular formula is C19H16N2O3. The van der Waals surface area contributed by atoms with Gasteiger partial charge in [-0.2, -0.15) is 5.10 Å². The van der Waals surface area contributed by atoms with E-state index in [1.54, 1.807) is 54.6 Å². The highest BCUT2D eigenvalue weighted by molar-refractivity contribution is 5.91. The largest absolute Gasteiger partial charge is 0.472 e. The molecule has 0 atom stereocenters. The van der Waals surface area contributed by atoms with E-state index in [0.29, 0.717) is 16.7 Å². The highest BCUT2D eigenvalue weighted by Gasteiger charge is 2.39. The average molecular weight is 320 g/mol. The lowest BCUT2D eigenvalue weighted by molar-refractivity contribution is -0.136. The summed E-state index contributed by atoms with van der Waals surface area (Å²) in [6, 6.07) is 19.2. The summed E-state index contributed by atoms with van der Waals surface area (Å²) in [4.78, 5) is 12.7. The molecule has 0 radical (unpaired) electrons. The predicted molar refractivity (Wildman–Crippen MR) is 90.3 cm³/mol. The number of rotatable bonds is 5. The Labute approximate surface area is 139 Å². The van der Waals surface area contributed by atoms with Gasteiger partial charge in [0.15, 0.2) is 5.60 Å². The van der Waals surface area contributed by atoms with Crippen molar-refractivity contribution in [2.75, 3.05) is 0 Å². The zero-order chi connectivity index (χ0) is 16.8. The molecule has 3 aromatic rings. The summed E-state index contributed by atoms with van der Waals surface area (Å²) < 4.78 is 4.92. The molecule has 1 heterocycles. The third-order valence-electron chi connectivity index (χ3n) is 3.63. The minimum absolute atomic E-state index is 0.465. The van der Waals surface area contributed by atoms with Crippen LogP contribution >= 0.6 is 0 Å². The molecule has 0 saturated heterocycles. The summed E-state index contributed by atoms with van der Waals surface area (Å²) in [6.07, 6.45) is 4.45. The van der Waals surface area contributed by atoms with Crippen LogP contribution in [0.15, 0.2) is 88.8 Å². The van der Waals surface area contributed by atoms with Crippen LogP contribution in [-0.2, 0) is 10.4 Å². The lowest BCUT2D eigenvalue weighted by Crippen LogP contribution is -2.43. The van der Waals surface area contributed by atoms with Gasteiger partial charge in [0.05, 0.1) is 18.7 Å². The van der Waals surface area contributed by atoms with Gasteiger partial charge in [0, 0.05) is 5.56 Å². The Kier molecular flexibility index (Phi) is 4.54. The van der Waals surface area contributed by atoms with Crippen molar-refractivity contribution >= 4 is 12.1 Å². The fraction of sp³-hybridized carbons (Fsp3) is 0.0526. The van der Waals surface area contributed by atoms with Crippen molar-refractivity contribution in [1.29, 1.82) is 0 Å². The fourth-order valence-corrected chi connectivity index (χ4v) is 2.38. The fourth-order valence-electron chi connectivity index (χ4n) is 2.38. The van der Waals surface area contributed by atoms with Gasteiger partial charge in [0.1, 0.15) is 0 Å². The van der Waals surface area contributed by atoms with Gasteiger partial charge in [0.25, 0.3) is 5.91 Å². The Morgan fingerprint density at radius 2 is 1.58 bits per heavy atom. The maximum Gasteiger partial charge on any atom is 0.281 e. The van der Waals surface area contributed by atoms with Crippen LogP contribution in [0.4, 0.5) is 0 Å². The van der Waals surface area contributed by atoms with Crippen LogP contribution in [0.1, 0.15) is 16.7 Å². The summed E-state index contributed by atoms with van der Waals surface area (Å²) in [6.45, 7) is 0. The SMILES string of the molecule is O=C(NN=Cc1ccoc1)C(O)(c1ccccc1)c1ccccc1. The van der Waals surface area contributed by atoms with Crippen molar-refractivity contribution in [1.82, 2.24) is 5.43 Å². The second kappa shape index (κ2) is 6.93. The molecule has 1 amide bonds. The molecule has 0 saturated carbocycles. The average Bonchev–Trinajstić information content (AvgIpc) is 3.16. The first-order valence-corrected chi connectivity index (χ1v) is 7.40. The number of furan rings is 1. The summed E-state index contributed by atoms with van der Waals surface area (Å²) >= 11 is 0. The number of carbonyl (C=O) groups excluding carboxylic acids is 1. The first-order chi connectivity index (χ1) is 11.7. The molecule has 0 fully saturated rings. The zero-order valence-corrected chi connectivity index (χ0v) is 12.8. The van der Waals surface area contributed by atoms with Crippen LogP contribution < -0.4 is 5.43 Å². The van der Waals surface area contributed by atoms with E-state index in [-0.39, 0.29) is 0 Å². The first-order valence-electron chi connectivity index (χ1n) is 7.40. The van der Waals surface area contributed by atoms with Crippen molar-refractivity contribution < 1.29 is 14.3 Å². The number of amides is 1. The molecule has 5 heteroatoms. The number of hydrogen-bond acceptors (Lipinski definition) is 4. The van der Waals surface area contributed by atoms with E-state index in [1.807, 2.05) is 12.1 Å². The highest BCUT2D eigenvalue weighted by Crippen LogP contribution is 2.29. The number of benzene rings is 2. The number of hydrogen-bond donors (Lipinski definition) is 2. The molecule has 0 aliphatic heterocycles. The van der Waals surface area contributed by atoms with E-state index >= 15 is 0 Å². The van der Waals surface area contributed by atoms with Gasteiger partial charge in [-0.25, -0.2) is 5.43 Å². The number of aliphatic hydroxyl groups is 1. The normalized spacial score (nSPS) is 11.5. The minimum atomic E-state index is -1.84. The van der Waals surface area contributed by atoms with Crippen LogP contribution in [0, 0.1) is 0 Å². The molecule has 120 valence electrons. The lowest BCUT2D eigenvalue weighted by atomic mass is 9.85. The molecule has 0 aliphatic rings. The maximum atomic E-state index is 12.7. The number of carbonyl (C=O) groups is 1. The van der Waals surface area contributed by atoms with E-state index in [0.717, 1.165) is 0 Å². The number of hydrazone groups is 1. The second-order valence-corrected chi connectivity index (χ2v) is 5.20. The first kappa shape index (κ1) is 15.7. The summed E-state index contributed by atoms with van der Waals surface area (Å²) in [7, 11) is 0. The van der Waals surface area contributed by atoms with Crippen LogP contribution in [0.5, 0.6) is 0 Å². The summed E-state index contributed by atoms with van der Waals surface area (Å²) in [5, 5.41) is 15.1. The smallest absolute Gasteiger partial charge is 0.281 e. The molecule has 0 spiro atoms. The van der Waals surface area contributed by atoms with Crippen LogP contribution in [0.2, 0.25) is 0 Å². The highest BCUT2D eigenvalue weighted by atomic mass is 16.3. The molecule has 0 aliphatic carbocycles. The monoisotopic (exact) mass is 320 g/mol. The zero-order valence-electron chi connectivity index (χ0n) is 12.8. The third kappa shape index (κ3) is 3.11. The summed E-state index contributed by atoms with van der Waals surface area (Å²) in [5.74, 6) is -0.639. The Hall–Kier alpha value is -3.18. The molecule has 2 N–H and O–H groups in total. The predicted octanol–water partition coefficient (Wildman–Crippen LogP) is 2.67. The molecular weight excluding hydrogens is 304 g/mol. The quantitative estimate of drug-likeness (QED) is 0.560. The lowest BCUT2D eigenvalue weighted by Gasteiger charge is -2.26. The van der Waals surface area contributed by atoms with E-state index in [4.69, 9.17) is 4.42 Å². The molecule has 0 bridgehead atoms.